The molecule has 3 rings (SSSR count). The summed E-state index contributed by atoms with van der Waals surface area (Å²) in [6.07, 6.45) is 2.19. The number of nitrogens with zero attached hydrogens (tertiary/aromatic N) is 1. The third-order valence-electron chi connectivity index (χ3n) is 3.81. The number of aryl methyl sites for hydroxylation is 2. The Morgan fingerprint density at radius 1 is 1.25 bits per heavy atom. The molecular weight excluding hydrogens is 312 g/mol. The fourth-order valence-electron chi connectivity index (χ4n) is 2.79. The molecule has 2 aromatic rings. The average molecular weight is 327 g/mol. The first-order valence-corrected chi connectivity index (χ1v) is 7.52. The van der Waals surface area contributed by atoms with Crippen molar-refractivity contribution in [2.75, 3.05) is 5.32 Å². The minimum absolute atomic E-state index is 0.304. The van der Waals surface area contributed by atoms with Crippen molar-refractivity contribution >= 4 is 21.6 Å². The van der Waals surface area contributed by atoms with Crippen molar-refractivity contribution in [2.24, 2.45) is 0 Å². The van der Waals surface area contributed by atoms with Crippen LogP contribution in [0.2, 0.25) is 0 Å². The van der Waals surface area contributed by atoms with Crippen molar-refractivity contribution in [1.82, 2.24) is 0 Å². The molecule has 1 atom stereocenters. The van der Waals surface area contributed by atoms with Crippen molar-refractivity contribution in [3.63, 3.8) is 0 Å². The van der Waals surface area contributed by atoms with Crippen molar-refractivity contribution in [3.05, 3.63) is 63.1 Å². The van der Waals surface area contributed by atoms with Crippen LogP contribution in [0.5, 0.6) is 0 Å². The van der Waals surface area contributed by atoms with Crippen LogP contribution in [0.4, 0.5) is 5.69 Å². The van der Waals surface area contributed by atoms with Gasteiger partial charge in [0.1, 0.15) is 6.07 Å². The lowest BCUT2D eigenvalue weighted by Crippen LogP contribution is -2.08. The Morgan fingerprint density at radius 3 is 2.90 bits per heavy atom. The van der Waals surface area contributed by atoms with Gasteiger partial charge in [-0.1, -0.05) is 39.7 Å². The van der Waals surface area contributed by atoms with Crippen LogP contribution in [-0.2, 0) is 6.42 Å². The SMILES string of the molecule is Cc1ccc2c(c1)C(Nc1ccc(Br)cc1C#N)CC2. The first-order chi connectivity index (χ1) is 9.67. The number of anilines is 1. The highest BCUT2D eigenvalue weighted by molar-refractivity contribution is 9.10. The van der Waals surface area contributed by atoms with E-state index in [1.54, 1.807) is 0 Å². The van der Waals surface area contributed by atoms with Crippen molar-refractivity contribution in [1.29, 1.82) is 5.26 Å². The summed E-state index contributed by atoms with van der Waals surface area (Å²) in [6, 6.07) is 15.0. The zero-order chi connectivity index (χ0) is 14.1. The molecule has 1 N–H and O–H groups in total. The van der Waals surface area contributed by atoms with Gasteiger partial charge in [-0.3, -0.25) is 0 Å². The van der Waals surface area contributed by atoms with Gasteiger partial charge in [-0.05, 0) is 49.1 Å². The number of hydrogen-bond donors (Lipinski definition) is 1. The van der Waals surface area contributed by atoms with Crippen LogP contribution in [0.3, 0.4) is 0 Å². The summed E-state index contributed by atoms with van der Waals surface area (Å²) in [5.74, 6) is 0. The molecule has 0 bridgehead atoms. The number of benzene rings is 2. The molecule has 3 heteroatoms. The summed E-state index contributed by atoms with van der Waals surface area (Å²) in [5, 5.41) is 12.8. The Balaban J connectivity index is 1.91. The number of hydrogen-bond acceptors (Lipinski definition) is 2. The molecule has 1 aliphatic rings. The molecule has 2 nitrogen and oxygen atoms in total. The number of nitriles is 1. The van der Waals surface area contributed by atoms with Gasteiger partial charge in [0, 0.05) is 4.47 Å². The van der Waals surface area contributed by atoms with Gasteiger partial charge >= 0.3 is 0 Å². The van der Waals surface area contributed by atoms with E-state index in [1.165, 1.54) is 16.7 Å². The van der Waals surface area contributed by atoms with E-state index in [0.717, 1.165) is 23.0 Å². The third kappa shape index (κ3) is 2.44. The second-order valence-corrected chi connectivity index (χ2v) is 6.16. The molecule has 20 heavy (non-hydrogen) atoms. The fraction of sp³-hybridized carbons (Fsp3) is 0.235. The summed E-state index contributed by atoms with van der Waals surface area (Å²) in [4.78, 5) is 0. The Kier molecular flexibility index (Phi) is 3.50. The zero-order valence-corrected chi connectivity index (χ0v) is 12.9. The molecule has 1 aliphatic carbocycles. The molecule has 0 spiro atoms. The van der Waals surface area contributed by atoms with Crippen LogP contribution in [0.1, 0.15) is 34.7 Å². The van der Waals surface area contributed by atoms with E-state index in [4.69, 9.17) is 0 Å². The van der Waals surface area contributed by atoms with Gasteiger partial charge in [-0.15, -0.1) is 0 Å². The van der Waals surface area contributed by atoms with Crippen LogP contribution in [0, 0.1) is 18.3 Å². The molecule has 0 heterocycles. The third-order valence-corrected chi connectivity index (χ3v) is 4.30. The van der Waals surface area contributed by atoms with Crippen molar-refractivity contribution < 1.29 is 0 Å². The molecule has 1 unspecified atom stereocenters. The van der Waals surface area contributed by atoms with Gasteiger partial charge in [0.2, 0.25) is 0 Å². The first kappa shape index (κ1) is 13.2. The van der Waals surface area contributed by atoms with Crippen LogP contribution in [0.25, 0.3) is 0 Å². The van der Waals surface area contributed by atoms with Gasteiger partial charge in [-0.2, -0.15) is 5.26 Å². The van der Waals surface area contributed by atoms with Gasteiger partial charge < -0.3 is 5.32 Å². The molecule has 100 valence electrons. The number of halogens is 1. The second-order valence-electron chi connectivity index (χ2n) is 5.24. The number of rotatable bonds is 2. The predicted octanol–water partition coefficient (Wildman–Crippen LogP) is 4.73. The Morgan fingerprint density at radius 2 is 2.10 bits per heavy atom. The van der Waals surface area contributed by atoms with Crippen molar-refractivity contribution in [2.45, 2.75) is 25.8 Å². The lowest BCUT2D eigenvalue weighted by Gasteiger charge is -2.17. The first-order valence-electron chi connectivity index (χ1n) is 6.73. The van der Waals surface area contributed by atoms with E-state index in [1.807, 2.05) is 18.2 Å². The highest BCUT2D eigenvalue weighted by Gasteiger charge is 2.22. The van der Waals surface area contributed by atoms with Crippen LogP contribution >= 0.6 is 15.9 Å². The minimum atomic E-state index is 0.304. The fourth-order valence-corrected chi connectivity index (χ4v) is 3.16. The highest BCUT2D eigenvalue weighted by atomic mass is 79.9. The number of nitrogens with one attached hydrogen (secondary N) is 1. The van der Waals surface area contributed by atoms with Crippen LogP contribution in [-0.4, -0.2) is 0 Å². The molecule has 0 aliphatic heterocycles. The number of fused-ring (bicyclic) bond motifs is 1. The Labute approximate surface area is 127 Å². The lowest BCUT2D eigenvalue weighted by atomic mass is 10.0. The van der Waals surface area contributed by atoms with Gasteiger partial charge in [-0.25, -0.2) is 0 Å². The van der Waals surface area contributed by atoms with E-state index in [9.17, 15) is 5.26 Å². The Hall–Kier alpha value is -1.79. The van der Waals surface area contributed by atoms with E-state index < -0.39 is 0 Å². The normalized spacial score (nSPS) is 16.6. The van der Waals surface area contributed by atoms with E-state index in [-0.39, 0.29) is 0 Å². The monoisotopic (exact) mass is 326 g/mol. The predicted molar refractivity (Wildman–Crippen MR) is 84.7 cm³/mol. The molecule has 0 amide bonds. The lowest BCUT2D eigenvalue weighted by molar-refractivity contribution is 0.761. The second kappa shape index (κ2) is 5.30. The Bertz CT molecular complexity index is 701. The van der Waals surface area contributed by atoms with E-state index in [2.05, 4.69) is 52.4 Å². The van der Waals surface area contributed by atoms with Gasteiger partial charge in [0.25, 0.3) is 0 Å². The van der Waals surface area contributed by atoms with Gasteiger partial charge in [0.15, 0.2) is 0 Å². The summed E-state index contributed by atoms with van der Waals surface area (Å²) in [7, 11) is 0. The topological polar surface area (TPSA) is 35.8 Å². The summed E-state index contributed by atoms with van der Waals surface area (Å²) < 4.78 is 0.933. The van der Waals surface area contributed by atoms with E-state index >= 15 is 0 Å². The quantitative estimate of drug-likeness (QED) is 0.866. The van der Waals surface area contributed by atoms with Crippen LogP contribution < -0.4 is 5.32 Å². The zero-order valence-electron chi connectivity index (χ0n) is 11.3. The molecule has 0 aromatic heterocycles. The molecule has 0 saturated carbocycles. The smallest absolute Gasteiger partial charge is 0.101 e. The maximum Gasteiger partial charge on any atom is 0.101 e. The van der Waals surface area contributed by atoms with E-state index in [0.29, 0.717) is 11.6 Å². The molecular formula is C17H15BrN2. The summed E-state index contributed by atoms with van der Waals surface area (Å²) in [6.45, 7) is 2.12. The van der Waals surface area contributed by atoms with Crippen LogP contribution in [0.15, 0.2) is 40.9 Å². The molecule has 0 fully saturated rings. The largest absolute Gasteiger partial charge is 0.377 e. The maximum atomic E-state index is 9.25. The average Bonchev–Trinajstić information content (AvgIpc) is 2.83. The summed E-state index contributed by atoms with van der Waals surface area (Å²) >= 11 is 3.41. The minimum Gasteiger partial charge on any atom is -0.377 e. The highest BCUT2D eigenvalue weighted by Crippen LogP contribution is 2.35. The maximum absolute atomic E-state index is 9.25. The molecule has 0 saturated heterocycles. The standard InChI is InChI=1S/C17H15BrN2/c1-11-2-3-12-4-6-17(15(12)8-11)20-16-7-5-14(18)9-13(16)10-19/h2-3,5,7-9,17,20H,4,6H2,1H3. The molecule has 2 aromatic carbocycles. The summed E-state index contributed by atoms with van der Waals surface area (Å²) in [5.41, 5.74) is 5.67. The molecule has 0 radical (unpaired) electrons. The van der Waals surface area contributed by atoms with Crippen molar-refractivity contribution in [3.8, 4) is 6.07 Å². The van der Waals surface area contributed by atoms with Gasteiger partial charge in [0.05, 0.1) is 17.3 Å².